The minimum Gasteiger partial charge on any atom is -0.495 e. The van der Waals surface area contributed by atoms with Crippen molar-refractivity contribution in [3.8, 4) is 11.8 Å². The number of thioether (sulfide) groups is 1. The molecule has 8 nitrogen and oxygen atoms in total. The van der Waals surface area contributed by atoms with Crippen LogP contribution in [0.1, 0.15) is 31.1 Å². The Kier molecular flexibility index (Phi) is 8.56. The number of ether oxygens (including phenoxy) is 1. The Morgan fingerprint density at radius 1 is 1.11 bits per heavy atom. The molecule has 1 atom stereocenters. The molecular weight excluding hydrogens is 500 g/mol. The van der Waals surface area contributed by atoms with Gasteiger partial charge in [-0.15, -0.1) is 0 Å². The van der Waals surface area contributed by atoms with Crippen LogP contribution in [0.3, 0.4) is 0 Å². The number of benzene rings is 2. The first kappa shape index (κ1) is 26.6. The maximum Gasteiger partial charge on any atom is 0.254 e. The lowest BCUT2D eigenvalue weighted by atomic mass is 9.85. The number of carbonyl (C=O) groups is 2. The van der Waals surface area contributed by atoms with Crippen LogP contribution >= 0.6 is 11.8 Å². The fourth-order valence-corrected chi connectivity index (χ4v) is 5.06. The summed E-state index contributed by atoms with van der Waals surface area (Å²) >= 11 is 1.20. The number of hydrogen-bond donors (Lipinski definition) is 3. The summed E-state index contributed by atoms with van der Waals surface area (Å²) in [6.07, 6.45) is 2.42. The first-order valence-corrected chi connectivity index (χ1v) is 13.0. The van der Waals surface area contributed by atoms with E-state index in [1.807, 2.05) is 30.3 Å². The second kappa shape index (κ2) is 12.2. The molecule has 194 valence electrons. The number of dihydropyridines is 1. The Labute approximate surface area is 225 Å². The summed E-state index contributed by atoms with van der Waals surface area (Å²) in [5.41, 5.74) is 3.58. The van der Waals surface area contributed by atoms with Crippen LogP contribution in [0.4, 0.5) is 11.4 Å². The largest absolute Gasteiger partial charge is 0.495 e. The third kappa shape index (κ3) is 5.93. The highest BCUT2D eigenvalue weighted by molar-refractivity contribution is 8.03. The number of anilines is 2. The van der Waals surface area contributed by atoms with Gasteiger partial charge in [0, 0.05) is 11.4 Å². The maximum absolute atomic E-state index is 13.5. The lowest BCUT2D eigenvalue weighted by Crippen LogP contribution is -2.31. The molecule has 0 saturated carbocycles. The second-order valence-electron chi connectivity index (χ2n) is 8.51. The van der Waals surface area contributed by atoms with Gasteiger partial charge in [0.25, 0.3) is 5.91 Å². The maximum atomic E-state index is 13.5. The van der Waals surface area contributed by atoms with E-state index >= 15 is 0 Å². The third-order valence-corrected chi connectivity index (χ3v) is 7.09. The number of nitrogens with zero attached hydrogens (tertiary/aromatic N) is 1. The Balaban J connectivity index is 1.57. The van der Waals surface area contributed by atoms with Crippen molar-refractivity contribution >= 4 is 35.0 Å². The van der Waals surface area contributed by atoms with Gasteiger partial charge in [0.1, 0.15) is 11.5 Å². The van der Waals surface area contributed by atoms with Gasteiger partial charge in [-0.05, 0) is 55.3 Å². The third-order valence-electron chi connectivity index (χ3n) is 6.07. The van der Waals surface area contributed by atoms with Gasteiger partial charge in [0.2, 0.25) is 5.91 Å². The van der Waals surface area contributed by atoms with Crippen molar-refractivity contribution < 1.29 is 18.7 Å². The number of hydrogen-bond acceptors (Lipinski definition) is 7. The lowest BCUT2D eigenvalue weighted by Gasteiger charge is -2.28. The molecule has 4 rings (SSSR count). The quantitative estimate of drug-likeness (QED) is 0.333. The van der Waals surface area contributed by atoms with Crippen molar-refractivity contribution in [2.45, 2.75) is 26.2 Å². The van der Waals surface area contributed by atoms with Crippen molar-refractivity contribution in [3.05, 3.63) is 100 Å². The highest BCUT2D eigenvalue weighted by Crippen LogP contribution is 2.41. The van der Waals surface area contributed by atoms with E-state index in [1.54, 1.807) is 37.3 Å². The van der Waals surface area contributed by atoms with Crippen LogP contribution in [0.2, 0.25) is 0 Å². The van der Waals surface area contributed by atoms with Crippen molar-refractivity contribution in [1.29, 1.82) is 5.26 Å². The molecule has 9 heteroatoms. The summed E-state index contributed by atoms with van der Waals surface area (Å²) in [5.74, 6) is -0.318. The number of carbonyl (C=O) groups excluding carboxylic acids is 2. The Morgan fingerprint density at radius 3 is 2.53 bits per heavy atom. The Morgan fingerprint density at radius 2 is 1.87 bits per heavy atom. The highest BCUT2D eigenvalue weighted by Gasteiger charge is 2.36. The van der Waals surface area contributed by atoms with E-state index in [-0.39, 0.29) is 11.7 Å². The van der Waals surface area contributed by atoms with Gasteiger partial charge < -0.3 is 25.1 Å². The van der Waals surface area contributed by atoms with Gasteiger partial charge in [-0.1, -0.05) is 43.0 Å². The summed E-state index contributed by atoms with van der Waals surface area (Å²) in [5, 5.41) is 19.6. The number of para-hydroxylation sites is 2. The molecule has 0 saturated heterocycles. The molecule has 2 amide bonds. The van der Waals surface area contributed by atoms with Gasteiger partial charge in [-0.2, -0.15) is 5.26 Å². The van der Waals surface area contributed by atoms with E-state index in [4.69, 9.17) is 9.15 Å². The monoisotopic (exact) mass is 528 g/mol. The van der Waals surface area contributed by atoms with Crippen LogP contribution < -0.4 is 20.7 Å². The van der Waals surface area contributed by atoms with E-state index in [9.17, 15) is 14.9 Å². The minimum atomic E-state index is -0.752. The average molecular weight is 529 g/mol. The lowest BCUT2D eigenvalue weighted by molar-refractivity contribution is -0.114. The summed E-state index contributed by atoms with van der Waals surface area (Å²) in [6.45, 7) is 3.83. The van der Waals surface area contributed by atoms with Gasteiger partial charge in [0.05, 0.1) is 53.0 Å². The molecule has 1 aliphatic rings. The first-order chi connectivity index (χ1) is 18.4. The number of allylic oxidation sites excluding steroid dienone is 2. The fraction of sp³-hybridized carbons (Fsp3) is 0.207. The summed E-state index contributed by atoms with van der Waals surface area (Å²) in [6, 6.07) is 20.4. The Hall–Kier alpha value is -4.42. The number of nitrogens with one attached hydrogen (secondary N) is 3. The van der Waals surface area contributed by atoms with Gasteiger partial charge in [-0.3, -0.25) is 9.59 Å². The van der Waals surface area contributed by atoms with E-state index < -0.39 is 11.8 Å². The van der Waals surface area contributed by atoms with Crippen LogP contribution in [0.5, 0.6) is 5.75 Å². The zero-order valence-corrected chi connectivity index (χ0v) is 22.1. The molecular formula is C29H28N4O4S. The molecule has 2 aromatic carbocycles. The predicted octanol–water partition coefficient (Wildman–Crippen LogP) is 5.56. The SMILES string of the molecule is CCc1ccc(NC(=O)CSC2=C(C#N)C(c3ccco3)C(C(=O)Nc3ccccc3OC)=C(C)N2)cc1. The summed E-state index contributed by atoms with van der Waals surface area (Å²) < 4.78 is 11.0. The zero-order chi connectivity index (χ0) is 27.1. The second-order valence-corrected chi connectivity index (χ2v) is 9.49. The minimum absolute atomic E-state index is 0.0734. The average Bonchev–Trinajstić information content (AvgIpc) is 3.47. The molecule has 38 heavy (non-hydrogen) atoms. The number of aryl methyl sites for hydroxylation is 1. The van der Waals surface area contributed by atoms with E-state index in [1.165, 1.54) is 30.7 Å². The number of furan rings is 1. The molecule has 0 aliphatic carbocycles. The molecule has 3 aromatic rings. The van der Waals surface area contributed by atoms with Gasteiger partial charge in [0.15, 0.2) is 0 Å². The van der Waals surface area contributed by atoms with Gasteiger partial charge in [-0.25, -0.2) is 0 Å². The standard InChI is InChI=1S/C29H28N4O4S/c1-4-19-11-13-20(14-12-19)32-25(34)17-38-29-21(16-30)27(24-10-7-15-37-24)26(18(2)31-29)28(35)33-22-8-5-6-9-23(22)36-3/h5-15,27,31H,4,17H2,1-3H3,(H,32,34)(H,33,35). The first-order valence-electron chi connectivity index (χ1n) is 12.1. The number of amides is 2. The summed E-state index contributed by atoms with van der Waals surface area (Å²) in [7, 11) is 1.53. The van der Waals surface area contributed by atoms with Crippen LogP contribution in [-0.2, 0) is 16.0 Å². The fourth-order valence-electron chi connectivity index (χ4n) is 4.16. The van der Waals surface area contributed by atoms with E-state index in [2.05, 4.69) is 28.9 Å². The Bertz CT molecular complexity index is 1420. The number of methoxy groups -OCH3 is 1. The van der Waals surface area contributed by atoms with Crippen molar-refractivity contribution in [2.75, 3.05) is 23.5 Å². The molecule has 0 fully saturated rings. The number of rotatable bonds is 9. The van der Waals surface area contributed by atoms with Crippen LogP contribution in [0.15, 0.2) is 93.2 Å². The molecule has 0 radical (unpaired) electrons. The summed E-state index contributed by atoms with van der Waals surface area (Å²) in [4.78, 5) is 26.2. The highest BCUT2D eigenvalue weighted by atomic mass is 32.2. The molecule has 1 unspecified atom stereocenters. The van der Waals surface area contributed by atoms with Gasteiger partial charge >= 0.3 is 0 Å². The topological polar surface area (TPSA) is 116 Å². The smallest absolute Gasteiger partial charge is 0.254 e. The molecule has 2 heterocycles. The van der Waals surface area contributed by atoms with Crippen molar-refractivity contribution in [1.82, 2.24) is 5.32 Å². The molecule has 0 spiro atoms. The van der Waals surface area contributed by atoms with E-state index in [0.717, 1.165) is 6.42 Å². The van der Waals surface area contributed by atoms with Crippen LogP contribution in [0, 0.1) is 11.3 Å². The molecule has 1 aliphatic heterocycles. The number of nitriles is 1. The molecule has 0 bridgehead atoms. The molecule has 3 N–H and O–H groups in total. The van der Waals surface area contributed by atoms with Crippen molar-refractivity contribution in [2.24, 2.45) is 0 Å². The predicted molar refractivity (Wildman–Crippen MR) is 148 cm³/mol. The molecule has 1 aromatic heterocycles. The van der Waals surface area contributed by atoms with Crippen LogP contribution in [0.25, 0.3) is 0 Å². The van der Waals surface area contributed by atoms with Crippen molar-refractivity contribution in [3.63, 3.8) is 0 Å². The zero-order valence-electron chi connectivity index (χ0n) is 21.3. The normalized spacial score (nSPS) is 14.9. The van der Waals surface area contributed by atoms with E-state index in [0.29, 0.717) is 44.8 Å². The van der Waals surface area contributed by atoms with Crippen LogP contribution in [-0.4, -0.2) is 24.7 Å².